The predicted octanol–water partition coefficient (Wildman–Crippen LogP) is 2.47. The van der Waals surface area contributed by atoms with E-state index >= 15 is 0 Å². The zero-order valence-electron chi connectivity index (χ0n) is 14.3. The molecular formula is C17H31N3O. The summed E-state index contributed by atoms with van der Waals surface area (Å²) in [7, 11) is 4.37. The van der Waals surface area contributed by atoms with Crippen LogP contribution in [0.1, 0.15) is 37.4 Å². The maximum atomic E-state index is 5.87. The van der Waals surface area contributed by atoms with Crippen molar-refractivity contribution in [3.63, 3.8) is 0 Å². The van der Waals surface area contributed by atoms with E-state index in [-0.39, 0.29) is 0 Å². The molecule has 0 amide bonds. The summed E-state index contributed by atoms with van der Waals surface area (Å²) in [5.41, 5.74) is 1.34. The van der Waals surface area contributed by atoms with Gasteiger partial charge in [0.25, 0.3) is 0 Å². The first-order valence-corrected chi connectivity index (χ1v) is 8.19. The topological polar surface area (TPSA) is 31.6 Å². The van der Waals surface area contributed by atoms with Gasteiger partial charge in [-0.1, -0.05) is 13.8 Å². The molecule has 2 unspecified atom stereocenters. The fraction of sp³-hybridized carbons (Fsp3) is 0.765. The minimum Gasteiger partial charge on any atom is -0.465 e. The summed E-state index contributed by atoms with van der Waals surface area (Å²) >= 11 is 0. The maximum Gasteiger partial charge on any atom is 0.118 e. The van der Waals surface area contributed by atoms with Crippen molar-refractivity contribution in [2.24, 2.45) is 5.92 Å². The summed E-state index contributed by atoms with van der Waals surface area (Å²) in [5, 5.41) is 3.40. The summed E-state index contributed by atoms with van der Waals surface area (Å²) in [6.45, 7) is 11.8. The van der Waals surface area contributed by atoms with Crippen LogP contribution in [0.3, 0.4) is 0 Å². The van der Waals surface area contributed by atoms with Crippen molar-refractivity contribution in [3.05, 3.63) is 23.2 Å². The number of likely N-dealkylation sites (N-methyl/N-ethyl adjacent to an activating group) is 1. The standard InChI is InChI=1S/C17H31N3O/c1-6-7-18-9-16-8-15(14(3)21-16)11-20-10-13(2)17(12-20)19(4)5/h8,13,17-18H,6-7,9-12H2,1-5H3. The fourth-order valence-corrected chi connectivity index (χ4v) is 3.31. The quantitative estimate of drug-likeness (QED) is 0.783. The number of furan rings is 1. The lowest BCUT2D eigenvalue weighted by atomic mass is 10.1. The Morgan fingerprint density at radius 3 is 2.76 bits per heavy atom. The normalized spacial score (nSPS) is 23.3. The largest absolute Gasteiger partial charge is 0.465 e. The number of hydrogen-bond acceptors (Lipinski definition) is 4. The van der Waals surface area contributed by atoms with Crippen LogP contribution in [0.4, 0.5) is 0 Å². The molecule has 1 N–H and O–H groups in total. The molecule has 4 heteroatoms. The van der Waals surface area contributed by atoms with Crippen molar-refractivity contribution in [1.29, 1.82) is 0 Å². The van der Waals surface area contributed by atoms with Crippen LogP contribution in [0.15, 0.2) is 10.5 Å². The summed E-state index contributed by atoms with van der Waals surface area (Å²) in [5.74, 6) is 2.87. The first kappa shape index (κ1) is 16.5. The summed E-state index contributed by atoms with van der Waals surface area (Å²) in [4.78, 5) is 4.91. The van der Waals surface area contributed by atoms with Gasteiger partial charge in [0.05, 0.1) is 6.54 Å². The number of aryl methyl sites for hydroxylation is 1. The van der Waals surface area contributed by atoms with Gasteiger partial charge >= 0.3 is 0 Å². The van der Waals surface area contributed by atoms with Crippen molar-refractivity contribution in [2.45, 2.75) is 46.3 Å². The Kier molecular flexibility index (Phi) is 5.85. The lowest BCUT2D eigenvalue weighted by molar-refractivity contribution is 0.250. The third-order valence-corrected chi connectivity index (χ3v) is 4.50. The molecule has 0 saturated carbocycles. The molecule has 4 nitrogen and oxygen atoms in total. The SMILES string of the molecule is CCCNCc1cc(CN2CC(C)C(N(C)C)C2)c(C)o1. The van der Waals surface area contributed by atoms with Crippen LogP contribution in [-0.2, 0) is 13.1 Å². The highest BCUT2D eigenvalue weighted by atomic mass is 16.3. The zero-order valence-corrected chi connectivity index (χ0v) is 14.3. The minimum atomic E-state index is 0.669. The van der Waals surface area contributed by atoms with Gasteiger partial charge in [-0.2, -0.15) is 0 Å². The van der Waals surface area contributed by atoms with Crippen molar-refractivity contribution < 1.29 is 4.42 Å². The molecule has 120 valence electrons. The summed E-state index contributed by atoms with van der Waals surface area (Å²) in [6.07, 6.45) is 1.16. The van der Waals surface area contributed by atoms with Gasteiger partial charge in [0, 0.05) is 31.2 Å². The summed E-state index contributed by atoms with van der Waals surface area (Å²) < 4.78 is 5.87. The molecule has 1 saturated heterocycles. The van der Waals surface area contributed by atoms with Crippen LogP contribution in [0.25, 0.3) is 0 Å². The Labute approximate surface area is 129 Å². The van der Waals surface area contributed by atoms with E-state index in [1.807, 2.05) is 0 Å². The number of likely N-dealkylation sites (tertiary alicyclic amines) is 1. The van der Waals surface area contributed by atoms with E-state index in [1.54, 1.807) is 0 Å². The lowest BCUT2D eigenvalue weighted by Gasteiger charge is -2.22. The third kappa shape index (κ3) is 4.31. The first-order chi connectivity index (χ1) is 10.0. The van der Waals surface area contributed by atoms with E-state index in [1.165, 1.54) is 12.1 Å². The van der Waals surface area contributed by atoms with Crippen LogP contribution in [0.2, 0.25) is 0 Å². The Hall–Kier alpha value is -0.840. The van der Waals surface area contributed by atoms with Gasteiger partial charge in [-0.25, -0.2) is 0 Å². The number of nitrogens with zero attached hydrogens (tertiary/aromatic N) is 2. The van der Waals surface area contributed by atoms with Crippen molar-refractivity contribution in [2.75, 3.05) is 33.7 Å². The van der Waals surface area contributed by atoms with Gasteiger partial charge in [-0.05, 0) is 46.0 Å². The Morgan fingerprint density at radius 2 is 2.14 bits per heavy atom. The number of nitrogens with one attached hydrogen (secondary N) is 1. The average Bonchev–Trinajstić information content (AvgIpc) is 2.94. The molecule has 0 bridgehead atoms. The molecule has 1 aliphatic rings. The van der Waals surface area contributed by atoms with Crippen molar-refractivity contribution >= 4 is 0 Å². The van der Waals surface area contributed by atoms with Gasteiger partial charge in [0.1, 0.15) is 11.5 Å². The van der Waals surface area contributed by atoms with Crippen LogP contribution in [0.5, 0.6) is 0 Å². The van der Waals surface area contributed by atoms with E-state index in [9.17, 15) is 0 Å². The molecule has 1 aromatic rings. The number of hydrogen-bond donors (Lipinski definition) is 1. The van der Waals surface area contributed by atoms with Crippen molar-refractivity contribution in [3.8, 4) is 0 Å². The van der Waals surface area contributed by atoms with Gasteiger partial charge in [-0.15, -0.1) is 0 Å². The molecular weight excluding hydrogens is 262 g/mol. The van der Waals surface area contributed by atoms with E-state index in [0.29, 0.717) is 6.04 Å². The van der Waals surface area contributed by atoms with Crippen LogP contribution >= 0.6 is 0 Å². The van der Waals surface area contributed by atoms with Crippen molar-refractivity contribution in [1.82, 2.24) is 15.1 Å². The Bertz CT molecular complexity index is 441. The molecule has 2 rings (SSSR count). The average molecular weight is 293 g/mol. The van der Waals surface area contributed by atoms with Gasteiger partial charge in [0.15, 0.2) is 0 Å². The lowest BCUT2D eigenvalue weighted by Crippen LogP contribution is -2.34. The first-order valence-electron chi connectivity index (χ1n) is 8.19. The molecule has 2 heterocycles. The molecule has 1 aliphatic heterocycles. The second-order valence-electron chi connectivity index (χ2n) is 6.67. The van der Waals surface area contributed by atoms with Crippen LogP contribution < -0.4 is 5.32 Å². The van der Waals surface area contributed by atoms with E-state index < -0.39 is 0 Å². The predicted molar refractivity (Wildman–Crippen MR) is 87.4 cm³/mol. The fourth-order valence-electron chi connectivity index (χ4n) is 3.31. The molecule has 2 atom stereocenters. The van der Waals surface area contributed by atoms with E-state index in [2.05, 4.69) is 56.0 Å². The highest BCUT2D eigenvalue weighted by Crippen LogP contribution is 2.24. The van der Waals surface area contributed by atoms with Crippen LogP contribution in [0, 0.1) is 12.8 Å². The molecule has 21 heavy (non-hydrogen) atoms. The summed E-state index contributed by atoms with van der Waals surface area (Å²) in [6, 6.07) is 2.90. The van der Waals surface area contributed by atoms with Gasteiger partial charge in [0.2, 0.25) is 0 Å². The molecule has 1 fully saturated rings. The minimum absolute atomic E-state index is 0.669. The second kappa shape index (κ2) is 7.43. The Balaban J connectivity index is 1.91. The van der Waals surface area contributed by atoms with Gasteiger partial charge < -0.3 is 14.6 Å². The van der Waals surface area contributed by atoms with E-state index in [0.717, 1.165) is 50.0 Å². The van der Waals surface area contributed by atoms with Gasteiger partial charge in [-0.3, -0.25) is 4.90 Å². The second-order valence-corrected chi connectivity index (χ2v) is 6.67. The Morgan fingerprint density at radius 1 is 1.38 bits per heavy atom. The maximum absolute atomic E-state index is 5.87. The van der Waals surface area contributed by atoms with Crippen LogP contribution in [-0.4, -0.2) is 49.6 Å². The highest BCUT2D eigenvalue weighted by molar-refractivity contribution is 5.21. The molecule has 0 radical (unpaired) electrons. The highest BCUT2D eigenvalue weighted by Gasteiger charge is 2.31. The molecule has 0 spiro atoms. The molecule has 0 aliphatic carbocycles. The molecule has 1 aromatic heterocycles. The third-order valence-electron chi connectivity index (χ3n) is 4.50. The number of rotatable bonds is 7. The smallest absolute Gasteiger partial charge is 0.118 e. The zero-order chi connectivity index (χ0) is 15.4. The monoisotopic (exact) mass is 293 g/mol. The van der Waals surface area contributed by atoms with E-state index in [4.69, 9.17) is 4.42 Å². The molecule has 0 aromatic carbocycles.